The first-order valence-electron chi connectivity index (χ1n) is 6.20. The van der Waals surface area contributed by atoms with E-state index in [1.165, 1.54) is 6.20 Å². The number of ether oxygens (including phenoxy) is 1. The Labute approximate surface area is 111 Å². The minimum atomic E-state index is -0.494. The summed E-state index contributed by atoms with van der Waals surface area (Å²) in [6.45, 7) is 8.40. The first-order chi connectivity index (χ1) is 8.90. The highest BCUT2D eigenvalue weighted by atomic mass is 16.6. The van der Waals surface area contributed by atoms with Gasteiger partial charge in [0, 0.05) is 12.1 Å². The highest BCUT2D eigenvalue weighted by molar-refractivity contribution is 5.86. The third kappa shape index (κ3) is 3.01. The molecule has 19 heavy (non-hydrogen) atoms. The SMILES string of the molecule is CCn1ncc2c(OC(=O)NC(C)(C)C)cncc21. The van der Waals surface area contributed by atoms with Gasteiger partial charge in [0.1, 0.15) is 0 Å². The standard InChI is InChI=1S/C13H18N4O2/c1-5-17-10-7-14-8-11(9(10)6-15-17)19-12(18)16-13(2,3)4/h6-8H,5H2,1-4H3,(H,16,18). The summed E-state index contributed by atoms with van der Waals surface area (Å²) in [5, 5.41) is 7.74. The molecular weight excluding hydrogens is 244 g/mol. The van der Waals surface area contributed by atoms with Gasteiger partial charge in [-0.3, -0.25) is 9.67 Å². The van der Waals surface area contributed by atoms with Crippen LogP contribution in [-0.2, 0) is 6.54 Å². The number of aromatic nitrogens is 3. The van der Waals surface area contributed by atoms with Crippen LogP contribution < -0.4 is 10.1 Å². The van der Waals surface area contributed by atoms with E-state index < -0.39 is 6.09 Å². The van der Waals surface area contributed by atoms with Gasteiger partial charge in [-0.15, -0.1) is 0 Å². The molecule has 0 radical (unpaired) electrons. The van der Waals surface area contributed by atoms with Crippen LogP contribution in [0.4, 0.5) is 4.79 Å². The zero-order chi connectivity index (χ0) is 14.0. The van der Waals surface area contributed by atoms with E-state index in [2.05, 4.69) is 15.4 Å². The molecule has 2 heterocycles. The second-order valence-electron chi connectivity index (χ2n) is 5.30. The number of nitrogens with zero attached hydrogens (tertiary/aromatic N) is 3. The number of carbonyl (C=O) groups excluding carboxylic acids is 1. The van der Waals surface area contributed by atoms with E-state index in [9.17, 15) is 4.79 Å². The van der Waals surface area contributed by atoms with Crippen LogP contribution in [0.15, 0.2) is 18.6 Å². The van der Waals surface area contributed by atoms with Crippen molar-refractivity contribution in [3.63, 3.8) is 0 Å². The molecule has 0 bridgehead atoms. The van der Waals surface area contributed by atoms with E-state index in [0.717, 1.165) is 17.4 Å². The maximum Gasteiger partial charge on any atom is 0.413 e. The Morgan fingerprint density at radius 3 is 2.74 bits per heavy atom. The van der Waals surface area contributed by atoms with Gasteiger partial charge in [-0.1, -0.05) is 0 Å². The summed E-state index contributed by atoms with van der Waals surface area (Å²) in [7, 11) is 0. The molecule has 0 atom stereocenters. The smallest absolute Gasteiger partial charge is 0.408 e. The largest absolute Gasteiger partial charge is 0.413 e. The Kier molecular flexibility index (Phi) is 3.42. The molecule has 1 N–H and O–H groups in total. The lowest BCUT2D eigenvalue weighted by Crippen LogP contribution is -2.42. The van der Waals surface area contributed by atoms with Gasteiger partial charge >= 0.3 is 6.09 Å². The van der Waals surface area contributed by atoms with Crippen molar-refractivity contribution < 1.29 is 9.53 Å². The summed E-state index contributed by atoms with van der Waals surface area (Å²) in [6, 6.07) is 0. The zero-order valence-electron chi connectivity index (χ0n) is 11.6. The minimum absolute atomic E-state index is 0.341. The molecular formula is C13H18N4O2. The summed E-state index contributed by atoms with van der Waals surface area (Å²) in [5.74, 6) is 0.416. The van der Waals surface area contributed by atoms with Gasteiger partial charge in [-0.2, -0.15) is 5.10 Å². The number of carbonyl (C=O) groups is 1. The molecule has 0 aliphatic rings. The maximum atomic E-state index is 11.8. The molecule has 0 spiro atoms. The van der Waals surface area contributed by atoms with Crippen molar-refractivity contribution >= 4 is 17.0 Å². The zero-order valence-corrected chi connectivity index (χ0v) is 11.6. The number of hydrogen-bond acceptors (Lipinski definition) is 4. The Morgan fingerprint density at radius 2 is 2.11 bits per heavy atom. The van der Waals surface area contributed by atoms with Gasteiger partial charge in [-0.05, 0) is 27.7 Å². The second kappa shape index (κ2) is 4.87. The Hall–Kier alpha value is -2.11. The molecule has 0 saturated carbocycles. The van der Waals surface area contributed by atoms with E-state index in [1.54, 1.807) is 17.1 Å². The first kappa shape index (κ1) is 13.3. The number of nitrogens with one attached hydrogen (secondary N) is 1. The molecule has 0 unspecified atom stereocenters. The van der Waals surface area contributed by atoms with Crippen molar-refractivity contribution in [2.45, 2.75) is 39.8 Å². The Balaban J connectivity index is 2.26. The first-order valence-corrected chi connectivity index (χ1v) is 6.20. The number of pyridine rings is 1. The third-order valence-corrected chi connectivity index (χ3v) is 2.51. The average Bonchev–Trinajstić information content (AvgIpc) is 2.70. The van der Waals surface area contributed by atoms with E-state index in [0.29, 0.717) is 5.75 Å². The molecule has 2 aromatic heterocycles. The van der Waals surface area contributed by atoms with Crippen molar-refractivity contribution in [2.75, 3.05) is 0 Å². The fourth-order valence-corrected chi connectivity index (χ4v) is 1.73. The number of amides is 1. The highest BCUT2D eigenvalue weighted by Gasteiger charge is 2.17. The van der Waals surface area contributed by atoms with Crippen LogP contribution >= 0.6 is 0 Å². The molecule has 6 nitrogen and oxygen atoms in total. The van der Waals surface area contributed by atoms with E-state index >= 15 is 0 Å². The monoisotopic (exact) mass is 262 g/mol. The summed E-state index contributed by atoms with van der Waals surface area (Å²) in [6.07, 6.45) is 4.42. The van der Waals surface area contributed by atoms with Crippen LogP contribution in [0.1, 0.15) is 27.7 Å². The molecule has 1 amide bonds. The van der Waals surface area contributed by atoms with Crippen LogP contribution in [0, 0.1) is 0 Å². The minimum Gasteiger partial charge on any atom is -0.408 e. The number of aryl methyl sites for hydroxylation is 1. The topological polar surface area (TPSA) is 69.0 Å². The molecule has 0 aliphatic carbocycles. The van der Waals surface area contributed by atoms with Crippen LogP contribution in [0.5, 0.6) is 5.75 Å². The quantitative estimate of drug-likeness (QED) is 0.901. The lowest BCUT2D eigenvalue weighted by molar-refractivity contribution is 0.191. The van der Waals surface area contributed by atoms with Gasteiger partial charge in [0.05, 0.1) is 29.5 Å². The van der Waals surface area contributed by atoms with Crippen molar-refractivity contribution in [2.24, 2.45) is 0 Å². The summed E-state index contributed by atoms with van der Waals surface area (Å²) in [4.78, 5) is 15.8. The fourth-order valence-electron chi connectivity index (χ4n) is 1.73. The molecule has 0 fully saturated rings. The van der Waals surface area contributed by atoms with Gasteiger partial charge < -0.3 is 10.1 Å². The molecule has 102 valence electrons. The molecule has 0 aliphatic heterocycles. The van der Waals surface area contributed by atoms with Gasteiger partial charge in [0.2, 0.25) is 0 Å². The van der Waals surface area contributed by atoms with Gasteiger partial charge in [0.25, 0.3) is 0 Å². The third-order valence-electron chi connectivity index (χ3n) is 2.51. The van der Waals surface area contributed by atoms with Crippen LogP contribution in [0.3, 0.4) is 0 Å². The Morgan fingerprint density at radius 1 is 1.37 bits per heavy atom. The van der Waals surface area contributed by atoms with Crippen LogP contribution in [0.2, 0.25) is 0 Å². The molecule has 2 aromatic rings. The molecule has 0 saturated heterocycles. The predicted octanol–water partition coefficient (Wildman–Crippen LogP) is 2.34. The Bertz CT molecular complexity index is 598. The second-order valence-corrected chi connectivity index (χ2v) is 5.30. The van der Waals surface area contributed by atoms with Crippen molar-refractivity contribution in [1.82, 2.24) is 20.1 Å². The summed E-state index contributed by atoms with van der Waals surface area (Å²) < 4.78 is 7.10. The van der Waals surface area contributed by atoms with E-state index in [-0.39, 0.29) is 5.54 Å². The van der Waals surface area contributed by atoms with Gasteiger partial charge in [0.15, 0.2) is 5.75 Å². The van der Waals surface area contributed by atoms with Crippen molar-refractivity contribution in [3.8, 4) is 5.75 Å². The van der Waals surface area contributed by atoms with Crippen LogP contribution in [0.25, 0.3) is 10.9 Å². The van der Waals surface area contributed by atoms with E-state index in [1.807, 2.05) is 27.7 Å². The van der Waals surface area contributed by atoms with Crippen LogP contribution in [-0.4, -0.2) is 26.4 Å². The number of rotatable bonds is 2. The molecule has 0 aromatic carbocycles. The molecule has 2 rings (SSSR count). The average molecular weight is 262 g/mol. The van der Waals surface area contributed by atoms with Crippen molar-refractivity contribution in [1.29, 1.82) is 0 Å². The fraction of sp³-hybridized carbons (Fsp3) is 0.462. The number of fused-ring (bicyclic) bond motifs is 1. The number of hydrogen-bond donors (Lipinski definition) is 1. The van der Waals surface area contributed by atoms with Gasteiger partial charge in [-0.25, -0.2) is 4.79 Å². The highest BCUT2D eigenvalue weighted by Crippen LogP contribution is 2.24. The lowest BCUT2D eigenvalue weighted by atomic mass is 10.1. The lowest BCUT2D eigenvalue weighted by Gasteiger charge is -2.19. The van der Waals surface area contributed by atoms with Crippen molar-refractivity contribution in [3.05, 3.63) is 18.6 Å². The summed E-state index contributed by atoms with van der Waals surface area (Å²) >= 11 is 0. The normalized spacial score (nSPS) is 11.6. The predicted molar refractivity (Wildman–Crippen MR) is 72.1 cm³/mol. The maximum absolute atomic E-state index is 11.8. The van der Waals surface area contributed by atoms with E-state index in [4.69, 9.17) is 4.74 Å². The molecule has 6 heteroatoms. The summed E-state index contributed by atoms with van der Waals surface area (Å²) in [5.41, 5.74) is 0.509.